The van der Waals surface area contributed by atoms with E-state index in [1.165, 1.54) is 27.6 Å². The van der Waals surface area contributed by atoms with E-state index in [0.29, 0.717) is 16.3 Å². The van der Waals surface area contributed by atoms with Crippen LogP contribution in [0, 0.1) is 0 Å². The van der Waals surface area contributed by atoms with Crippen molar-refractivity contribution in [2.45, 2.75) is 19.9 Å². The third kappa shape index (κ3) is 2.79. The predicted octanol–water partition coefficient (Wildman–Crippen LogP) is 0.386. The second-order valence-electron chi connectivity index (χ2n) is 5.21. The third-order valence-corrected chi connectivity index (χ3v) is 5.92. The third-order valence-electron chi connectivity index (χ3n) is 3.91. The van der Waals surface area contributed by atoms with Crippen LogP contribution in [-0.4, -0.2) is 25.0 Å². The number of quaternary nitrogens is 1. The first-order valence-corrected chi connectivity index (χ1v) is 8.84. The van der Waals surface area contributed by atoms with Gasteiger partial charge >= 0.3 is 0 Å². The lowest BCUT2D eigenvalue weighted by molar-refractivity contribution is -0.913. The molecule has 22 heavy (non-hydrogen) atoms. The number of likely N-dealkylation sites (N-methyl/N-ethyl adjacent to an activating group) is 1. The predicted molar refractivity (Wildman–Crippen MR) is 84.7 cm³/mol. The first-order chi connectivity index (χ1) is 10.6. The number of fused-ring (bicyclic) bond motifs is 1. The van der Waals surface area contributed by atoms with Crippen molar-refractivity contribution in [1.29, 1.82) is 0 Å². The van der Waals surface area contributed by atoms with Crippen LogP contribution in [0.4, 0.5) is 5.00 Å². The number of amides is 1. The molecule has 1 aliphatic rings. The van der Waals surface area contributed by atoms with Gasteiger partial charge in [0.2, 0.25) is 0 Å². The second kappa shape index (κ2) is 6.20. The topological polar surface area (TPSA) is 73.7 Å². The van der Waals surface area contributed by atoms with Crippen molar-refractivity contribution in [2.24, 2.45) is 0 Å². The number of carbonyl (C=O) groups excluding carboxylic acids is 2. The number of aromatic carboxylic acids is 1. The van der Waals surface area contributed by atoms with Gasteiger partial charge < -0.3 is 20.1 Å². The quantitative estimate of drug-likeness (QED) is 0.848. The summed E-state index contributed by atoms with van der Waals surface area (Å²) < 4.78 is 0. The van der Waals surface area contributed by atoms with Crippen LogP contribution in [0.5, 0.6) is 0 Å². The molecule has 2 N–H and O–H groups in total. The van der Waals surface area contributed by atoms with Gasteiger partial charge in [0, 0.05) is 12.0 Å². The molecule has 1 unspecified atom stereocenters. The summed E-state index contributed by atoms with van der Waals surface area (Å²) in [5, 5.41) is 16.5. The maximum absolute atomic E-state index is 12.2. The van der Waals surface area contributed by atoms with Crippen molar-refractivity contribution in [3.63, 3.8) is 0 Å². The van der Waals surface area contributed by atoms with Crippen LogP contribution >= 0.6 is 22.7 Å². The summed E-state index contributed by atoms with van der Waals surface area (Å²) in [5.41, 5.74) is 1.00. The van der Waals surface area contributed by atoms with E-state index < -0.39 is 5.97 Å². The maximum Gasteiger partial charge on any atom is 0.266 e. The highest BCUT2D eigenvalue weighted by Gasteiger charge is 2.27. The van der Waals surface area contributed by atoms with Crippen LogP contribution in [-0.2, 0) is 13.0 Å². The number of hydrogen-bond donors (Lipinski definition) is 2. The molecule has 1 aliphatic heterocycles. The molecule has 0 bridgehead atoms. The molecular weight excluding hydrogens is 320 g/mol. The number of rotatable bonds is 4. The zero-order chi connectivity index (χ0) is 15.7. The molecule has 0 saturated heterocycles. The van der Waals surface area contributed by atoms with Gasteiger partial charge in [-0.25, -0.2) is 0 Å². The van der Waals surface area contributed by atoms with Crippen LogP contribution in [0.3, 0.4) is 0 Å². The molecule has 2 aromatic heterocycles. The number of anilines is 1. The first-order valence-electron chi connectivity index (χ1n) is 7.14. The van der Waals surface area contributed by atoms with Crippen LogP contribution in [0.2, 0.25) is 0 Å². The average molecular weight is 336 g/mol. The monoisotopic (exact) mass is 336 g/mol. The Balaban J connectivity index is 1.92. The fourth-order valence-electron chi connectivity index (χ4n) is 2.71. The van der Waals surface area contributed by atoms with E-state index in [1.807, 2.05) is 5.38 Å². The first kappa shape index (κ1) is 15.2. The minimum absolute atomic E-state index is 0.167. The molecule has 116 valence electrons. The highest BCUT2D eigenvalue weighted by Crippen LogP contribution is 2.34. The zero-order valence-corrected chi connectivity index (χ0v) is 13.7. The molecule has 2 aromatic rings. The lowest BCUT2D eigenvalue weighted by atomic mass is 10.0. The normalized spacial score (nSPS) is 17.0. The summed E-state index contributed by atoms with van der Waals surface area (Å²) in [5.74, 6) is -1.48. The summed E-state index contributed by atoms with van der Waals surface area (Å²) in [6.07, 6.45) is 0.715. The van der Waals surface area contributed by atoms with Gasteiger partial charge in [-0.3, -0.25) is 4.79 Å². The van der Waals surface area contributed by atoms with Crippen LogP contribution in [0.25, 0.3) is 0 Å². The molecule has 1 atom stereocenters. The molecule has 0 saturated carbocycles. The van der Waals surface area contributed by atoms with Crippen LogP contribution in [0.1, 0.15) is 37.4 Å². The Bertz CT molecular complexity index is 707. The van der Waals surface area contributed by atoms with Gasteiger partial charge in [-0.15, -0.1) is 22.7 Å². The number of nitrogens with one attached hydrogen (secondary N) is 2. The summed E-state index contributed by atoms with van der Waals surface area (Å²) in [6.45, 7) is 4.85. The Morgan fingerprint density at radius 1 is 1.45 bits per heavy atom. The molecule has 0 spiro atoms. The van der Waals surface area contributed by atoms with Crippen molar-refractivity contribution in [3.8, 4) is 0 Å². The van der Waals surface area contributed by atoms with E-state index in [4.69, 9.17) is 0 Å². The Labute approximate surface area is 136 Å². The standard InChI is InChI=1S/C15H16N2O3S2/c1-2-17-6-5-9-11(8-17)22-14(12(9)15(19)20)16-13(18)10-4-3-7-21-10/h3-4,7H,2,5-6,8H2,1H3,(H,16,18)(H,19,20). The molecule has 5 nitrogen and oxygen atoms in total. The van der Waals surface area contributed by atoms with Gasteiger partial charge in [0.1, 0.15) is 11.5 Å². The molecule has 1 amide bonds. The Morgan fingerprint density at radius 2 is 2.27 bits per heavy atom. The van der Waals surface area contributed by atoms with E-state index in [0.717, 1.165) is 30.1 Å². The largest absolute Gasteiger partial charge is 0.545 e. The van der Waals surface area contributed by atoms with Crippen molar-refractivity contribution >= 4 is 39.6 Å². The molecule has 3 rings (SSSR count). The number of carboxylic acids is 1. The minimum atomic E-state index is -1.21. The highest BCUT2D eigenvalue weighted by molar-refractivity contribution is 7.17. The molecule has 0 radical (unpaired) electrons. The van der Waals surface area contributed by atoms with Gasteiger partial charge in [-0.1, -0.05) is 6.07 Å². The molecular formula is C15H16N2O3S2. The van der Waals surface area contributed by atoms with E-state index in [9.17, 15) is 14.7 Å². The SMILES string of the molecule is CC[NH+]1CCc2c(sc(NC(=O)c3cccs3)c2C(=O)[O-])C1. The molecule has 0 aliphatic carbocycles. The van der Waals surface area contributed by atoms with Gasteiger partial charge in [0.25, 0.3) is 5.91 Å². The summed E-state index contributed by atoms with van der Waals surface area (Å²) in [4.78, 5) is 26.7. The number of carbonyl (C=O) groups is 2. The smallest absolute Gasteiger partial charge is 0.266 e. The van der Waals surface area contributed by atoms with E-state index in [1.54, 1.807) is 12.1 Å². The lowest BCUT2D eigenvalue weighted by Gasteiger charge is -2.23. The lowest BCUT2D eigenvalue weighted by Crippen LogP contribution is -3.11. The average Bonchev–Trinajstić information content (AvgIpc) is 3.13. The second-order valence-corrected chi connectivity index (χ2v) is 7.26. The molecule has 3 heterocycles. The maximum atomic E-state index is 12.2. The molecule has 7 heteroatoms. The van der Waals surface area contributed by atoms with Gasteiger partial charge in [0.15, 0.2) is 0 Å². The van der Waals surface area contributed by atoms with Crippen molar-refractivity contribution in [2.75, 3.05) is 18.4 Å². The Kier molecular flexibility index (Phi) is 4.28. The molecule has 0 aromatic carbocycles. The molecule has 0 fully saturated rings. The van der Waals surface area contributed by atoms with E-state index in [-0.39, 0.29) is 11.5 Å². The summed E-state index contributed by atoms with van der Waals surface area (Å²) in [6, 6.07) is 3.51. The van der Waals surface area contributed by atoms with Crippen LogP contribution in [0.15, 0.2) is 17.5 Å². The van der Waals surface area contributed by atoms with Gasteiger partial charge in [-0.2, -0.15) is 0 Å². The Hall–Kier alpha value is -1.70. The van der Waals surface area contributed by atoms with Crippen molar-refractivity contribution in [3.05, 3.63) is 38.4 Å². The zero-order valence-electron chi connectivity index (χ0n) is 12.1. The van der Waals surface area contributed by atoms with Crippen molar-refractivity contribution < 1.29 is 19.6 Å². The summed E-state index contributed by atoms with van der Waals surface area (Å²) in [7, 11) is 0. The van der Waals surface area contributed by atoms with Gasteiger partial charge in [-0.05, 0) is 23.9 Å². The van der Waals surface area contributed by atoms with E-state index in [2.05, 4.69) is 12.2 Å². The van der Waals surface area contributed by atoms with E-state index >= 15 is 0 Å². The summed E-state index contributed by atoms with van der Waals surface area (Å²) >= 11 is 2.69. The van der Waals surface area contributed by atoms with Crippen molar-refractivity contribution in [1.82, 2.24) is 0 Å². The number of carboxylic acid groups (broad SMARTS) is 1. The highest BCUT2D eigenvalue weighted by atomic mass is 32.1. The fraction of sp³-hybridized carbons (Fsp3) is 0.333. The van der Waals surface area contributed by atoms with Gasteiger partial charge in [0.05, 0.1) is 28.8 Å². The minimum Gasteiger partial charge on any atom is -0.545 e. The number of thiophene rings is 2. The number of hydrogen-bond acceptors (Lipinski definition) is 5. The Morgan fingerprint density at radius 3 is 2.91 bits per heavy atom. The fourth-order valence-corrected chi connectivity index (χ4v) is 4.64. The van der Waals surface area contributed by atoms with Crippen LogP contribution < -0.4 is 15.3 Å².